The molecule has 0 N–H and O–H groups in total. The van der Waals surface area contributed by atoms with E-state index in [-0.39, 0.29) is 6.09 Å². The number of amides is 1. The van der Waals surface area contributed by atoms with Crippen molar-refractivity contribution >= 4 is 6.09 Å². The number of rotatable bonds is 4. The highest BCUT2D eigenvalue weighted by Gasteiger charge is 2.28. The second kappa shape index (κ2) is 9.27. The van der Waals surface area contributed by atoms with Crippen molar-refractivity contribution in [1.82, 2.24) is 14.8 Å². The number of benzene rings is 1. The lowest BCUT2D eigenvalue weighted by atomic mass is 10.0. The average molecular weight is 407 g/mol. The highest BCUT2D eigenvalue weighted by molar-refractivity contribution is 5.68. The second-order valence-corrected chi connectivity index (χ2v) is 8.85. The lowest BCUT2D eigenvalue weighted by Gasteiger charge is -2.37. The van der Waals surface area contributed by atoms with E-state index >= 15 is 0 Å². The number of hydrogen-bond acceptors (Lipinski definition) is 5. The third-order valence-corrected chi connectivity index (χ3v) is 5.31. The predicted molar refractivity (Wildman–Crippen MR) is 117 cm³/mol. The van der Waals surface area contributed by atoms with E-state index in [0.29, 0.717) is 11.6 Å². The maximum absolute atomic E-state index is 12.2. The summed E-state index contributed by atoms with van der Waals surface area (Å²) in [6, 6.07) is 14.2. The summed E-state index contributed by atoms with van der Waals surface area (Å²) in [5.41, 5.74) is 3.25. The fourth-order valence-corrected chi connectivity index (χ4v) is 3.64. The Kier molecular flexibility index (Phi) is 6.73. The number of ether oxygens (including phenoxy) is 1. The fourth-order valence-electron chi connectivity index (χ4n) is 3.64. The molecule has 0 spiro atoms. The quantitative estimate of drug-likeness (QED) is 0.750. The molecule has 158 valence electrons. The smallest absolute Gasteiger partial charge is 0.410 e. The van der Waals surface area contributed by atoms with E-state index in [2.05, 4.69) is 29.1 Å². The van der Waals surface area contributed by atoms with Gasteiger partial charge >= 0.3 is 6.09 Å². The van der Waals surface area contributed by atoms with E-state index in [1.54, 1.807) is 0 Å². The molecule has 2 aromatic rings. The van der Waals surface area contributed by atoms with Gasteiger partial charge in [0.1, 0.15) is 5.60 Å². The largest absolute Gasteiger partial charge is 0.444 e. The first-order chi connectivity index (χ1) is 14.2. The summed E-state index contributed by atoms with van der Waals surface area (Å²) in [6.45, 7) is 7.95. The van der Waals surface area contributed by atoms with Crippen LogP contribution in [0.5, 0.6) is 0 Å². The van der Waals surface area contributed by atoms with Crippen LogP contribution in [0.25, 0.3) is 11.3 Å². The van der Waals surface area contributed by atoms with Crippen LogP contribution in [0.15, 0.2) is 42.6 Å². The summed E-state index contributed by atoms with van der Waals surface area (Å²) >= 11 is 0. The van der Waals surface area contributed by atoms with Crippen molar-refractivity contribution in [2.24, 2.45) is 0 Å². The minimum Gasteiger partial charge on any atom is -0.444 e. The molecule has 1 aliphatic rings. The van der Waals surface area contributed by atoms with E-state index in [0.717, 1.165) is 49.3 Å². The van der Waals surface area contributed by atoms with Crippen molar-refractivity contribution in [2.75, 3.05) is 20.1 Å². The number of aromatic nitrogens is 1. The van der Waals surface area contributed by atoms with Gasteiger partial charge in [0.05, 0.1) is 17.3 Å². The van der Waals surface area contributed by atoms with Crippen LogP contribution in [0.2, 0.25) is 0 Å². The zero-order valence-electron chi connectivity index (χ0n) is 18.3. The van der Waals surface area contributed by atoms with Crippen molar-refractivity contribution in [1.29, 1.82) is 5.26 Å². The number of hydrogen-bond donors (Lipinski definition) is 0. The summed E-state index contributed by atoms with van der Waals surface area (Å²) in [4.78, 5) is 21.0. The molecule has 0 unspecified atom stereocenters. The normalized spacial score (nSPS) is 15.1. The topological polar surface area (TPSA) is 69.5 Å². The zero-order valence-corrected chi connectivity index (χ0v) is 18.3. The van der Waals surface area contributed by atoms with Gasteiger partial charge in [0.2, 0.25) is 0 Å². The maximum Gasteiger partial charge on any atom is 0.410 e. The molecule has 3 rings (SSSR count). The van der Waals surface area contributed by atoms with E-state index in [1.807, 2.05) is 62.2 Å². The minimum absolute atomic E-state index is 0.216. The summed E-state index contributed by atoms with van der Waals surface area (Å²) in [5, 5.41) is 8.92. The Morgan fingerprint density at radius 1 is 1.20 bits per heavy atom. The molecule has 0 aliphatic carbocycles. The van der Waals surface area contributed by atoms with Gasteiger partial charge in [-0.1, -0.05) is 18.2 Å². The molecule has 0 radical (unpaired) electrons. The van der Waals surface area contributed by atoms with Gasteiger partial charge in [0.25, 0.3) is 0 Å². The Morgan fingerprint density at radius 2 is 1.87 bits per heavy atom. The standard InChI is InChI=1S/C24H30N4O2/c1-24(2,3)30-23(29)28-13-11-21(12-14-28)27(4)17-19-7-10-22(26-16-19)20-8-5-18(15-25)6-9-20/h5-10,16,21H,11-14,17H2,1-4H3. The van der Waals surface area contributed by atoms with Gasteiger partial charge in [-0.15, -0.1) is 0 Å². The molecule has 1 amide bonds. The summed E-state index contributed by atoms with van der Waals surface area (Å²) in [7, 11) is 2.13. The Morgan fingerprint density at radius 3 is 2.40 bits per heavy atom. The summed E-state index contributed by atoms with van der Waals surface area (Å²) in [5.74, 6) is 0. The van der Waals surface area contributed by atoms with Gasteiger partial charge in [-0.3, -0.25) is 9.88 Å². The minimum atomic E-state index is -0.457. The molecule has 1 aliphatic heterocycles. The van der Waals surface area contributed by atoms with E-state index < -0.39 is 5.60 Å². The van der Waals surface area contributed by atoms with Crippen LogP contribution in [-0.4, -0.2) is 52.7 Å². The summed E-state index contributed by atoms with van der Waals surface area (Å²) < 4.78 is 5.48. The maximum atomic E-state index is 12.2. The molecule has 0 saturated carbocycles. The van der Waals surface area contributed by atoms with Gasteiger partial charge in [-0.05, 0) is 64.4 Å². The zero-order chi connectivity index (χ0) is 21.7. The average Bonchev–Trinajstić information content (AvgIpc) is 2.73. The molecule has 1 fully saturated rings. The molecule has 2 heterocycles. The fraction of sp³-hybridized carbons (Fsp3) is 0.458. The van der Waals surface area contributed by atoms with Crippen LogP contribution in [0.3, 0.4) is 0 Å². The number of pyridine rings is 1. The van der Waals surface area contributed by atoms with E-state index in [1.165, 1.54) is 0 Å². The first-order valence-corrected chi connectivity index (χ1v) is 10.4. The first kappa shape index (κ1) is 21.8. The molecule has 1 aromatic carbocycles. The molecule has 6 nitrogen and oxygen atoms in total. The molecular formula is C24H30N4O2. The van der Waals surface area contributed by atoms with E-state index in [4.69, 9.17) is 10.00 Å². The number of nitriles is 1. The predicted octanol–water partition coefficient (Wildman–Crippen LogP) is 4.45. The Hall–Kier alpha value is -2.91. The molecular weight excluding hydrogens is 376 g/mol. The van der Waals surface area contributed by atoms with Crippen molar-refractivity contribution in [3.63, 3.8) is 0 Å². The van der Waals surface area contributed by atoms with Gasteiger partial charge in [-0.25, -0.2) is 4.79 Å². The third kappa shape index (κ3) is 5.80. The molecule has 1 saturated heterocycles. The van der Waals surface area contributed by atoms with Crippen LogP contribution < -0.4 is 0 Å². The highest BCUT2D eigenvalue weighted by atomic mass is 16.6. The van der Waals surface area contributed by atoms with Crippen LogP contribution in [-0.2, 0) is 11.3 Å². The Bertz CT molecular complexity index is 887. The SMILES string of the molecule is CN(Cc1ccc(-c2ccc(C#N)cc2)nc1)C1CCN(C(=O)OC(C)(C)C)CC1. The van der Waals surface area contributed by atoms with Crippen LogP contribution in [0, 0.1) is 11.3 Å². The van der Waals surface area contributed by atoms with Crippen molar-refractivity contribution < 1.29 is 9.53 Å². The van der Waals surface area contributed by atoms with Crippen LogP contribution in [0.1, 0.15) is 44.7 Å². The highest BCUT2D eigenvalue weighted by Crippen LogP contribution is 2.21. The summed E-state index contributed by atoms with van der Waals surface area (Å²) in [6.07, 6.45) is 3.57. The molecule has 6 heteroatoms. The molecule has 30 heavy (non-hydrogen) atoms. The Labute approximate surface area is 179 Å². The molecule has 0 bridgehead atoms. The van der Waals surface area contributed by atoms with Gasteiger partial charge in [0.15, 0.2) is 0 Å². The van der Waals surface area contributed by atoms with Crippen molar-refractivity contribution in [2.45, 2.75) is 51.8 Å². The Balaban J connectivity index is 1.52. The van der Waals surface area contributed by atoms with Gasteiger partial charge in [0, 0.05) is 37.4 Å². The first-order valence-electron chi connectivity index (χ1n) is 10.4. The van der Waals surface area contributed by atoms with Crippen molar-refractivity contribution in [3.05, 3.63) is 53.7 Å². The monoisotopic (exact) mass is 406 g/mol. The number of likely N-dealkylation sites (tertiary alicyclic amines) is 1. The second-order valence-electron chi connectivity index (χ2n) is 8.85. The molecule has 1 aromatic heterocycles. The van der Waals surface area contributed by atoms with Crippen LogP contribution in [0.4, 0.5) is 4.79 Å². The lowest BCUT2D eigenvalue weighted by Crippen LogP contribution is -2.46. The molecule has 0 atom stereocenters. The number of nitrogens with zero attached hydrogens (tertiary/aromatic N) is 4. The number of carbonyl (C=O) groups excluding carboxylic acids is 1. The third-order valence-electron chi connectivity index (χ3n) is 5.31. The van der Waals surface area contributed by atoms with E-state index in [9.17, 15) is 4.79 Å². The van der Waals surface area contributed by atoms with Crippen molar-refractivity contribution in [3.8, 4) is 17.3 Å². The number of carbonyl (C=O) groups is 1. The van der Waals surface area contributed by atoms with Gasteiger partial charge in [-0.2, -0.15) is 5.26 Å². The van der Waals surface area contributed by atoms with Crippen LogP contribution >= 0.6 is 0 Å². The van der Waals surface area contributed by atoms with Gasteiger partial charge < -0.3 is 9.64 Å². The number of piperidine rings is 1. The lowest BCUT2D eigenvalue weighted by molar-refractivity contribution is 0.0153.